The van der Waals surface area contributed by atoms with Crippen molar-refractivity contribution in [2.45, 2.75) is 18.2 Å². The monoisotopic (exact) mass is 459 g/mol. The number of halogens is 3. The van der Waals surface area contributed by atoms with Crippen molar-refractivity contribution in [3.05, 3.63) is 59.1 Å². The minimum absolute atomic E-state index is 0.0407. The maximum Gasteiger partial charge on any atom is 0.244 e. The molecule has 0 aromatic heterocycles. The van der Waals surface area contributed by atoms with Crippen LogP contribution in [0.1, 0.15) is 13.3 Å². The van der Waals surface area contributed by atoms with Crippen LogP contribution in [0.25, 0.3) is 0 Å². The van der Waals surface area contributed by atoms with Crippen LogP contribution < -0.4 is 10.0 Å². The molecule has 0 bridgehead atoms. The molecular weight excluding hydrogens is 440 g/mol. The zero-order valence-electron chi connectivity index (χ0n) is 16.0. The first kappa shape index (κ1) is 23.7. The van der Waals surface area contributed by atoms with Crippen LogP contribution in [0.5, 0.6) is 0 Å². The van der Waals surface area contributed by atoms with Crippen molar-refractivity contribution in [1.82, 2.24) is 9.62 Å². The molecule has 162 valence electrons. The Morgan fingerprint density at radius 1 is 1.10 bits per heavy atom. The van der Waals surface area contributed by atoms with Gasteiger partial charge in [0.25, 0.3) is 0 Å². The normalized spacial score (nSPS) is 11.2. The molecule has 2 N–H and O–H groups in total. The van der Waals surface area contributed by atoms with Crippen LogP contribution >= 0.6 is 11.6 Å². The standard InChI is InChI=1S/C19H20ClF2N3O4S/c1-2-25(12-17(26)24-19-15(21)7-4-8-16(19)22)18(27)9-10-23-30(28,29)14-6-3-5-13(20)11-14/h3-8,11,23H,2,9-10,12H2,1H3,(H,24,26). The van der Waals surface area contributed by atoms with Crippen molar-refractivity contribution in [3.63, 3.8) is 0 Å². The van der Waals surface area contributed by atoms with Gasteiger partial charge in [0, 0.05) is 24.5 Å². The van der Waals surface area contributed by atoms with Crippen LogP contribution in [0, 0.1) is 11.6 Å². The summed E-state index contributed by atoms with van der Waals surface area (Å²) in [5, 5.41) is 2.35. The zero-order chi connectivity index (χ0) is 22.3. The van der Waals surface area contributed by atoms with Crippen LogP contribution in [-0.2, 0) is 19.6 Å². The molecule has 0 unspecified atom stereocenters. The largest absolute Gasteiger partial charge is 0.334 e. The lowest BCUT2D eigenvalue weighted by atomic mass is 10.3. The van der Waals surface area contributed by atoms with E-state index < -0.39 is 45.7 Å². The molecule has 0 heterocycles. The van der Waals surface area contributed by atoms with E-state index >= 15 is 0 Å². The highest BCUT2D eigenvalue weighted by molar-refractivity contribution is 7.89. The molecule has 11 heteroatoms. The van der Waals surface area contributed by atoms with Gasteiger partial charge in [0.05, 0.1) is 11.4 Å². The number of benzene rings is 2. The topological polar surface area (TPSA) is 95.6 Å². The molecule has 0 saturated carbocycles. The van der Waals surface area contributed by atoms with Gasteiger partial charge in [-0.25, -0.2) is 21.9 Å². The molecule has 0 spiro atoms. The Bertz CT molecular complexity index is 1010. The SMILES string of the molecule is CCN(CC(=O)Nc1c(F)cccc1F)C(=O)CCNS(=O)(=O)c1cccc(Cl)c1. The first-order chi connectivity index (χ1) is 14.1. The highest BCUT2D eigenvalue weighted by atomic mass is 35.5. The van der Waals surface area contributed by atoms with E-state index in [2.05, 4.69) is 10.0 Å². The second-order valence-electron chi connectivity index (χ2n) is 6.16. The second-order valence-corrected chi connectivity index (χ2v) is 8.36. The smallest absolute Gasteiger partial charge is 0.244 e. The first-order valence-electron chi connectivity index (χ1n) is 8.91. The van der Waals surface area contributed by atoms with Crippen molar-refractivity contribution < 1.29 is 26.8 Å². The van der Waals surface area contributed by atoms with Crippen LogP contribution in [0.4, 0.5) is 14.5 Å². The van der Waals surface area contributed by atoms with E-state index in [1.165, 1.54) is 24.3 Å². The molecule has 0 aliphatic heterocycles. The molecule has 0 aliphatic carbocycles. The maximum absolute atomic E-state index is 13.6. The summed E-state index contributed by atoms with van der Waals surface area (Å²) in [5.74, 6) is -3.16. The molecule has 2 amide bonds. The van der Waals surface area contributed by atoms with E-state index in [1.807, 2.05) is 0 Å². The molecule has 2 aromatic carbocycles. The average molecular weight is 460 g/mol. The maximum atomic E-state index is 13.6. The Labute approximate surface area is 178 Å². The van der Waals surface area contributed by atoms with Gasteiger partial charge in [-0.1, -0.05) is 23.7 Å². The third-order valence-corrected chi connectivity index (χ3v) is 5.73. The Balaban J connectivity index is 1.91. The summed E-state index contributed by atoms with van der Waals surface area (Å²) < 4.78 is 54.0. The highest BCUT2D eigenvalue weighted by Gasteiger charge is 2.19. The fourth-order valence-electron chi connectivity index (χ4n) is 2.51. The summed E-state index contributed by atoms with van der Waals surface area (Å²) in [6.45, 7) is 1.12. The van der Waals surface area contributed by atoms with E-state index in [-0.39, 0.29) is 29.4 Å². The number of hydrogen-bond donors (Lipinski definition) is 2. The van der Waals surface area contributed by atoms with E-state index in [9.17, 15) is 26.8 Å². The number of carbonyl (C=O) groups is 2. The van der Waals surface area contributed by atoms with Gasteiger partial charge in [-0.3, -0.25) is 9.59 Å². The van der Waals surface area contributed by atoms with Gasteiger partial charge in [-0.2, -0.15) is 0 Å². The fourth-order valence-corrected chi connectivity index (χ4v) is 3.85. The van der Waals surface area contributed by atoms with Crippen molar-refractivity contribution >= 4 is 39.1 Å². The van der Waals surface area contributed by atoms with Crippen molar-refractivity contribution in [2.24, 2.45) is 0 Å². The third kappa shape index (κ3) is 6.48. The number of anilines is 1. The molecule has 0 saturated heterocycles. The molecule has 0 radical (unpaired) electrons. The average Bonchev–Trinajstić information content (AvgIpc) is 2.69. The molecule has 2 aromatic rings. The lowest BCUT2D eigenvalue weighted by Crippen LogP contribution is -2.39. The van der Waals surface area contributed by atoms with Gasteiger partial charge in [0.15, 0.2) is 0 Å². The summed E-state index contributed by atoms with van der Waals surface area (Å²) in [7, 11) is -3.85. The summed E-state index contributed by atoms with van der Waals surface area (Å²) >= 11 is 5.78. The molecule has 0 atom stereocenters. The zero-order valence-corrected chi connectivity index (χ0v) is 17.6. The van der Waals surface area contributed by atoms with Crippen LogP contribution in [-0.4, -0.2) is 44.8 Å². The number of hydrogen-bond acceptors (Lipinski definition) is 4. The minimum atomic E-state index is -3.85. The van der Waals surface area contributed by atoms with E-state index in [1.54, 1.807) is 6.92 Å². The second kappa shape index (κ2) is 10.5. The summed E-state index contributed by atoms with van der Waals surface area (Å²) in [5.41, 5.74) is -0.597. The van der Waals surface area contributed by atoms with Gasteiger partial charge in [0.1, 0.15) is 17.3 Å². The van der Waals surface area contributed by atoms with Crippen molar-refractivity contribution in [2.75, 3.05) is 25.0 Å². The Morgan fingerprint density at radius 2 is 1.73 bits per heavy atom. The number of para-hydroxylation sites is 1. The number of nitrogens with zero attached hydrogens (tertiary/aromatic N) is 1. The molecule has 7 nitrogen and oxygen atoms in total. The number of amides is 2. The van der Waals surface area contributed by atoms with E-state index in [0.717, 1.165) is 23.1 Å². The number of carbonyl (C=O) groups excluding carboxylic acids is 2. The minimum Gasteiger partial charge on any atom is -0.334 e. The summed E-state index contributed by atoms with van der Waals surface area (Å²) in [6.07, 6.45) is -0.213. The summed E-state index contributed by atoms with van der Waals surface area (Å²) in [6, 6.07) is 8.80. The molecule has 2 rings (SSSR count). The first-order valence-corrected chi connectivity index (χ1v) is 10.8. The lowest BCUT2D eigenvalue weighted by Gasteiger charge is -2.20. The number of nitrogens with one attached hydrogen (secondary N) is 2. The van der Waals surface area contributed by atoms with Crippen LogP contribution in [0.2, 0.25) is 5.02 Å². The third-order valence-electron chi connectivity index (χ3n) is 4.03. The number of rotatable bonds is 9. The van der Waals surface area contributed by atoms with Crippen molar-refractivity contribution in [3.8, 4) is 0 Å². The number of sulfonamides is 1. The molecule has 0 fully saturated rings. The summed E-state index contributed by atoms with van der Waals surface area (Å²) in [4.78, 5) is 25.5. The Morgan fingerprint density at radius 3 is 2.33 bits per heavy atom. The predicted molar refractivity (Wildman–Crippen MR) is 108 cm³/mol. The fraction of sp³-hybridized carbons (Fsp3) is 0.263. The quantitative estimate of drug-likeness (QED) is 0.602. The van der Waals surface area contributed by atoms with Crippen molar-refractivity contribution in [1.29, 1.82) is 0 Å². The van der Waals surface area contributed by atoms with Gasteiger partial charge in [-0.15, -0.1) is 0 Å². The lowest BCUT2D eigenvalue weighted by molar-refractivity contribution is -0.134. The molecule has 30 heavy (non-hydrogen) atoms. The van der Waals surface area contributed by atoms with E-state index in [0.29, 0.717) is 0 Å². The molecule has 0 aliphatic rings. The highest BCUT2D eigenvalue weighted by Crippen LogP contribution is 2.18. The van der Waals surface area contributed by atoms with Crippen LogP contribution in [0.15, 0.2) is 47.4 Å². The van der Waals surface area contributed by atoms with Gasteiger partial charge < -0.3 is 10.2 Å². The predicted octanol–water partition coefficient (Wildman–Crippen LogP) is 2.77. The van der Waals surface area contributed by atoms with Gasteiger partial charge in [-0.05, 0) is 37.3 Å². The Hall–Kier alpha value is -2.56. The Kier molecular flexibility index (Phi) is 8.27. The number of likely N-dealkylation sites (N-methyl/N-ethyl adjacent to an activating group) is 1. The molecular formula is C19H20ClF2N3O4S. The van der Waals surface area contributed by atoms with Gasteiger partial charge >= 0.3 is 0 Å². The van der Waals surface area contributed by atoms with Gasteiger partial charge in [0.2, 0.25) is 21.8 Å². The van der Waals surface area contributed by atoms with E-state index in [4.69, 9.17) is 11.6 Å². The van der Waals surface area contributed by atoms with Crippen LogP contribution in [0.3, 0.4) is 0 Å².